The molecule has 0 aliphatic carbocycles. The summed E-state index contributed by atoms with van der Waals surface area (Å²) in [6.07, 6.45) is 3.33. The number of hydrogen-bond acceptors (Lipinski definition) is 4. The van der Waals surface area contributed by atoms with E-state index in [0.717, 1.165) is 44.3 Å². The number of allylic oxidation sites excluding steroid dienone is 1. The van der Waals surface area contributed by atoms with Crippen molar-refractivity contribution >= 4 is 39.4 Å². The van der Waals surface area contributed by atoms with Crippen molar-refractivity contribution in [2.45, 2.75) is 20.8 Å². The highest BCUT2D eigenvalue weighted by Gasteiger charge is 2.16. The summed E-state index contributed by atoms with van der Waals surface area (Å²) in [5.41, 5.74) is 8.50. The molecule has 1 amide bonds. The summed E-state index contributed by atoms with van der Waals surface area (Å²) in [4.78, 5) is 20.3. The van der Waals surface area contributed by atoms with Crippen molar-refractivity contribution in [1.82, 2.24) is 9.97 Å². The molecule has 6 heteroatoms. The van der Waals surface area contributed by atoms with E-state index in [0.29, 0.717) is 11.7 Å². The van der Waals surface area contributed by atoms with E-state index >= 15 is 0 Å². The molecule has 170 valence electrons. The predicted octanol–water partition coefficient (Wildman–Crippen LogP) is 6.64. The maximum atomic E-state index is 12.7. The third-order valence-corrected chi connectivity index (χ3v) is 5.97. The van der Waals surface area contributed by atoms with Crippen LogP contribution < -0.4 is 10.1 Å². The van der Waals surface area contributed by atoms with Crippen LogP contribution in [0.2, 0.25) is 0 Å². The maximum Gasteiger partial charge on any atom is 0.250 e. The van der Waals surface area contributed by atoms with Gasteiger partial charge < -0.3 is 14.1 Å². The third kappa shape index (κ3) is 3.94. The van der Waals surface area contributed by atoms with Crippen molar-refractivity contribution in [2.75, 3.05) is 12.4 Å². The summed E-state index contributed by atoms with van der Waals surface area (Å²) in [5, 5.41) is 3.78. The van der Waals surface area contributed by atoms with Gasteiger partial charge in [0.2, 0.25) is 5.95 Å². The number of para-hydroxylation sites is 2. The first-order chi connectivity index (χ1) is 16.4. The van der Waals surface area contributed by atoms with Gasteiger partial charge in [0.25, 0.3) is 5.91 Å². The second-order valence-electron chi connectivity index (χ2n) is 8.44. The number of amides is 1. The van der Waals surface area contributed by atoms with Gasteiger partial charge in [-0.3, -0.25) is 10.1 Å². The molecule has 0 atom stereocenters. The number of rotatable bonds is 5. The Kier molecular flexibility index (Phi) is 5.42. The second-order valence-corrected chi connectivity index (χ2v) is 8.44. The summed E-state index contributed by atoms with van der Waals surface area (Å²) in [6, 6.07) is 17.9. The van der Waals surface area contributed by atoms with E-state index in [-0.39, 0.29) is 5.91 Å². The topological polar surface area (TPSA) is 80.2 Å². The molecule has 0 radical (unpaired) electrons. The highest BCUT2D eigenvalue weighted by Crippen LogP contribution is 2.38. The average molecular weight is 452 g/mol. The summed E-state index contributed by atoms with van der Waals surface area (Å²) >= 11 is 0. The maximum absolute atomic E-state index is 12.7. The van der Waals surface area contributed by atoms with Crippen LogP contribution in [0.3, 0.4) is 0 Å². The smallest absolute Gasteiger partial charge is 0.250 e. The van der Waals surface area contributed by atoms with Crippen molar-refractivity contribution in [3.05, 3.63) is 83.6 Å². The van der Waals surface area contributed by atoms with Gasteiger partial charge in [-0.2, -0.15) is 0 Å². The number of methoxy groups -OCH3 is 1. The zero-order valence-electron chi connectivity index (χ0n) is 19.5. The van der Waals surface area contributed by atoms with E-state index in [2.05, 4.69) is 47.3 Å². The van der Waals surface area contributed by atoms with Crippen LogP contribution in [0.5, 0.6) is 5.75 Å². The molecule has 5 aromatic rings. The number of fused-ring (bicyclic) bond motifs is 2. The first-order valence-electron chi connectivity index (χ1n) is 11.0. The molecular weight excluding hydrogens is 426 g/mol. The third-order valence-electron chi connectivity index (χ3n) is 5.97. The number of aromatic nitrogens is 2. The average Bonchev–Trinajstić information content (AvgIpc) is 3.41. The number of furan rings is 1. The fraction of sp³-hybridized carbons (Fsp3) is 0.143. The van der Waals surface area contributed by atoms with Gasteiger partial charge >= 0.3 is 0 Å². The van der Waals surface area contributed by atoms with Crippen molar-refractivity contribution in [3.63, 3.8) is 0 Å². The van der Waals surface area contributed by atoms with E-state index in [1.165, 1.54) is 11.1 Å². The fourth-order valence-electron chi connectivity index (χ4n) is 4.30. The number of anilines is 1. The molecule has 0 unspecified atom stereocenters. The van der Waals surface area contributed by atoms with Crippen LogP contribution in [0, 0.1) is 13.8 Å². The van der Waals surface area contributed by atoms with Gasteiger partial charge in [0, 0.05) is 28.7 Å². The van der Waals surface area contributed by atoms with Crippen molar-refractivity contribution in [3.8, 4) is 16.9 Å². The number of benzene rings is 3. The molecule has 0 aliphatic rings. The Morgan fingerprint density at radius 1 is 1.09 bits per heavy atom. The normalized spacial score (nSPS) is 11.8. The number of aromatic amines is 1. The minimum absolute atomic E-state index is 0.277. The number of H-pyrrole nitrogens is 1. The predicted molar refractivity (Wildman–Crippen MR) is 136 cm³/mol. The molecule has 6 nitrogen and oxygen atoms in total. The van der Waals surface area contributed by atoms with E-state index < -0.39 is 0 Å². The Balaban J connectivity index is 1.50. The van der Waals surface area contributed by atoms with Crippen LogP contribution in [0.1, 0.15) is 23.6 Å². The molecule has 0 bridgehead atoms. The minimum Gasteiger partial charge on any atom is -0.496 e. The minimum atomic E-state index is -0.277. The monoisotopic (exact) mass is 451 g/mol. The summed E-state index contributed by atoms with van der Waals surface area (Å²) in [6.45, 7) is 6.07. The zero-order chi connectivity index (χ0) is 23.8. The number of ether oxygens (including phenoxy) is 1. The van der Waals surface area contributed by atoms with Crippen molar-refractivity contribution < 1.29 is 13.9 Å². The van der Waals surface area contributed by atoms with E-state index in [1.54, 1.807) is 19.4 Å². The highest BCUT2D eigenvalue weighted by atomic mass is 16.5. The Hall–Kier alpha value is -4.32. The van der Waals surface area contributed by atoms with Crippen LogP contribution >= 0.6 is 0 Å². The largest absolute Gasteiger partial charge is 0.496 e. The lowest BCUT2D eigenvalue weighted by atomic mass is 9.96. The molecule has 5 rings (SSSR count). The number of nitrogens with zero attached hydrogens (tertiary/aromatic N) is 1. The molecule has 34 heavy (non-hydrogen) atoms. The molecule has 2 heterocycles. The lowest BCUT2D eigenvalue weighted by Gasteiger charge is -2.11. The van der Waals surface area contributed by atoms with E-state index in [1.807, 2.05) is 43.3 Å². The molecule has 0 saturated heterocycles. The molecule has 0 fully saturated rings. The van der Waals surface area contributed by atoms with Gasteiger partial charge in [-0.1, -0.05) is 35.9 Å². The summed E-state index contributed by atoms with van der Waals surface area (Å²) in [5.74, 6) is 0.768. The van der Waals surface area contributed by atoms with E-state index in [9.17, 15) is 4.79 Å². The number of carbonyl (C=O) groups is 1. The van der Waals surface area contributed by atoms with Crippen LogP contribution in [0.4, 0.5) is 5.95 Å². The Morgan fingerprint density at radius 3 is 2.68 bits per heavy atom. The molecular formula is C28H25N3O3. The van der Waals surface area contributed by atoms with Crippen molar-refractivity contribution in [1.29, 1.82) is 0 Å². The van der Waals surface area contributed by atoms with Crippen molar-refractivity contribution in [2.24, 2.45) is 0 Å². The highest BCUT2D eigenvalue weighted by molar-refractivity contribution is 6.05. The number of nitrogens with one attached hydrogen (secondary N) is 2. The Morgan fingerprint density at radius 2 is 1.91 bits per heavy atom. The van der Waals surface area contributed by atoms with Crippen LogP contribution in [-0.2, 0) is 4.79 Å². The lowest BCUT2D eigenvalue weighted by Crippen LogP contribution is -2.09. The zero-order valence-corrected chi connectivity index (χ0v) is 19.5. The summed E-state index contributed by atoms with van der Waals surface area (Å²) < 4.78 is 11.5. The number of carbonyl (C=O) groups excluding carboxylic acids is 1. The SMILES string of the molecule is COc1cc2occ(-c3ccc(C)cc3C)c2cc1/C(C)=C/C(=O)Nc1nc2ccccc2[nH]1. The van der Waals surface area contributed by atoms with Gasteiger partial charge in [-0.15, -0.1) is 0 Å². The standard InChI is InChI=1S/C28H25N3O3/c1-16-9-10-19(17(2)11-16)22-15-34-26-14-25(33-4)20(13-21(22)26)18(3)12-27(32)31-28-29-23-7-5-6-8-24(23)30-28/h5-15H,1-4H3,(H2,29,30,31,32)/b18-12+. The van der Waals surface area contributed by atoms with Gasteiger partial charge in [0.05, 0.1) is 24.4 Å². The molecule has 2 aromatic heterocycles. The quantitative estimate of drug-likeness (QED) is 0.293. The molecule has 2 N–H and O–H groups in total. The van der Waals surface area contributed by atoms with Gasteiger partial charge in [-0.05, 0) is 55.7 Å². The molecule has 0 aliphatic heterocycles. The lowest BCUT2D eigenvalue weighted by molar-refractivity contribution is -0.111. The Labute approximate surface area is 197 Å². The molecule has 3 aromatic carbocycles. The molecule has 0 spiro atoms. The van der Waals surface area contributed by atoms with Crippen LogP contribution in [-0.4, -0.2) is 23.0 Å². The second kappa shape index (κ2) is 8.56. The molecule has 0 saturated carbocycles. The number of hydrogen-bond donors (Lipinski definition) is 2. The van der Waals surface area contributed by atoms with Gasteiger partial charge in [0.1, 0.15) is 11.3 Å². The Bertz CT molecular complexity index is 1540. The first-order valence-corrected chi connectivity index (χ1v) is 11.0. The van der Waals surface area contributed by atoms with Crippen LogP contribution in [0.25, 0.3) is 38.7 Å². The van der Waals surface area contributed by atoms with Gasteiger partial charge in [0.15, 0.2) is 0 Å². The first kappa shape index (κ1) is 21.5. The van der Waals surface area contributed by atoms with E-state index in [4.69, 9.17) is 9.15 Å². The number of imidazole rings is 1. The van der Waals surface area contributed by atoms with Gasteiger partial charge in [-0.25, -0.2) is 4.98 Å². The summed E-state index contributed by atoms with van der Waals surface area (Å²) in [7, 11) is 1.61. The fourth-order valence-corrected chi connectivity index (χ4v) is 4.30. The van der Waals surface area contributed by atoms with Crippen LogP contribution in [0.15, 0.2) is 71.4 Å². The number of aryl methyl sites for hydroxylation is 2.